The van der Waals surface area contributed by atoms with Crippen LogP contribution in [0.25, 0.3) is 15.9 Å². The summed E-state index contributed by atoms with van der Waals surface area (Å²) in [4.78, 5) is 20.4. The van der Waals surface area contributed by atoms with Crippen molar-refractivity contribution < 1.29 is 4.74 Å². The number of hydrogen-bond acceptors (Lipinski definition) is 6. The van der Waals surface area contributed by atoms with Gasteiger partial charge in [0.2, 0.25) is 5.95 Å². The second-order valence-electron chi connectivity index (χ2n) is 8.60. The van der Waals surface area contributed by atoms with Crippen LogP contribution in [0.4, 0.5) is 5.95 Å². The lowest BCUT2D eigenvalue weighted by Crippen LogP contribution is -2.32. The summed E-state index contributed by atoms with van der Waals surface area (Å²) in [6, 6.07) is 17.6. The zero-order chi connectivity index (χ0) is 22.3. The number of thiophene rings is 1. The van der Waals surface area contributed by atoms with Crippen LogP contribution in [0.3, 0.4) is 0 Å². The molecule has 0 radical (unpaired) electrons. The summed E-state index contributed by atoms with van der Waals surface area (Å²) in [7, 11) is 0. The third kappa shape index (κ3) is 3.85. The standard InChI is InChI=1S/C25H24N4O2S/c1-16-9-11-18(12-10-16)29-23(30)21-19-13-25(2,3)31-15-20(19)32-22(21)27-24(29)28-26-14-17-7-5-4-6-8-17/h4-12,14H,13,15H2,1-3H3,(H,27,28)/b26-14+. The van der Waals surface area contributed by atoms with Crippen LogP contribution in [0.2, 0.25) is 0 Å². The van der Waals surface area contributed by atoms with Gasteiger partial charge in [-0.15, -0.1) is 11.3 Å². The number of hydrazone groups is 1. The van der Waals surface area contributed by atoms with Crippen LogP contribution < -0.4 is 11.0 Å². The molecule has 0 saturated carbocycles. The van der Waals surface area contributed by atoms with Crippen molar-refractivity contribution in [2.75, 3.05) is 5.43 Å². The summed E-state index contributed by atoms with van der Waals surface area (Å²) in [6.07, 6.45) is 2.40. The summed E-state index contributed by atoms with van der Waals surface area (Å²) in [5.41, 5.74) is 6.49. The van der Waals surface area contributed by atoms with Gasteiger partial charge in [0.1, 0.15) is 4.83 Å². The number of fused-ring (bicyclic) bond motifs is 3. The maximum absolute atomic E-state index is 13.8. The van der Waals surface area contributed by atoms with Gasteiger partial charge in [0.05, 0.1) is 29.5 Å². The largest absolute Gasteiger partial charge is 0.370 e. The van der Waals surface area contributed by atoms with E-state index < -0.39 is 0 Å². The first-order valence-corrected chi connectivity index (χ1v) is 11.4. The van der Waals surface area contributed by atoms with Crippen LogP contribution in [0.5, 0.6) is 0 Å². The monoisotopic (exact) mass is 444 g/mol. The highest BCUT2D eigenvalue weighted by Gasteiger charge is 2.31. The molecule has 3 heterocycles. The Hall–Kier alpha value is -3.29. The molecule has 0 spiro atoms. The van der Waals surface area contributed by atoms with Gasteiger partial charge in [-0.25, -0.2) is 15.0 Å². The molecule has 162 valence electrons. The fraction of sp³-hybridized carbons (Fsp3) is 0.240. The topological polar surface area (TPSA) is 68.5 Å². The maximum atomic E-state index is 13.8. The second-order valence-corrected chi connectivity index (χ2v) is 9.68. The van der Waals surface area contributed by atoms with Gasteiger partial charge < -0.3 is 4.74 Å². The van der Waals surface area contributed by atoms with Gasteiger partial charge in [0, 0.05) is 11.3 Å². The number of hydrogen-bond donors (Lipinski definition) is 1. The van der Waals surface area contributed by atoms with Gasteiger partial charge in [-0.05, 0) is 44.0 Å². The van der Waals surface area contributed by atoms with Crippen molar-refractivity contribution in [3.63, 3.8) is 0 Å². The molecule has 7 heteroatoms. The van der Waals surface area contributed by atoms with E-state index in [0.29, 0.717) is 29.2 Å². The van der Waals surface area contributed by atoms with Crippen LogP contribution in [0.15, 0.2) is 64.5 Å². The number of benzene rings is 2. The number of aromatic nitrogens is 2. The summed E-state index contributed by atoms with van der Waals surface area (Å²) >= 11 is 1.52. The molecule has 1 N–H and O–H groups in total. The molecule has 0 saturated heterocycles. The minimum Gasteiger partial charge on any atom is -0.370 e. The molecule has 0 fully saturated rings. The third-order valence-electron chi connectivity index (χ3n) is 5.57. The highest BCUT2D eigenvalue weighted by molar-refractivity contribution is 7.18. The lowest BCUT2D eigenvalue weighted by atomic mass is 9.94. The molecule has 1 aliphatic rings. The fourth-order valence-corrected chi connectivity index (χ4v) is 5.00. The Morgan fingerprint density at radius 2 is 1.91 bits per heavy atom. The van der Waals surface area contributed by atoms with Crippen LogP contribution in [-0.2, 0) is 17.8 Å². The van der Waals surface area contributed by atoms with Crippen LogP contribution in [0, 0.1) is 6.92 Å². The molecule has 4 aromatic rings. The van der Waals surface area contributed by atoms with E-state index in [4.69, 9.17) is 9.72 Å². The molecule has 0 atom stereocenters. The summed E-state index contributed by atoms with van der Waals surface area (Å²) < 4.78 is 7.58. The van der Waals surface area contributed by atoms with E-state index in [9.17, 15) is 4.79 Å². The number of nitrogens with one attached hydrogen (secondary N) is 1. The van der Waals surface area contributed by atoms with Crippen LogP contribution >= 0.6 is 11.3 Å². The van der Waals surface area contributed by atoms with Crippen LogP contribution in [0.1, 0.15) is 35.4 Å². The van der Waals surface area contributed by atoms with E-state index in [2.05, 4.69) is 24.4 Å². The highest BCUT2D eigenvalue weighted by Crippen LogP contribution is 2.37. The molecule has 6 nitrogen and oxygen atoms in total. The molecule has 0 amide bonds. The van der Waals surface area contributed by atoms with E-state index in [0.717, 1.165) is 27.3 Å². The number of ether oxygens (including phenoxy) is 1. The Balaban J connectivity index is 1.66. The smallest absolute Gasteiger partial charge is 0.268 e. The van der Waals surface area contributed by atoms with E-state index in [1.165, 1.54) is 11.3 Å². The normalized spacial score (nSPS) is 15.2. The van der Waals surface area contributed by atoms with Gasteiger partial charge in [-0.2, -0.15) is 5.10 Å². The quantitative estimate of drug-likeness (QED) is 0.353. The molecule has 1 aliphatic heterocycles. The highest BCUT2D eigenvalue weighted by atomic mass is 32.1. The zero-order valence-electron chi connectivity index (χ0n) is 18.3. The summed E-state index contributed by atoms with van der Waals surface area (Å²) in [5.74, 6) is 0.386. The molecule has 32 heavy (non-hydrogen) atoms. The molecular weight excluding hydrogens is 420 g/mol. The maximum Gasteiger partial charge on any atom is 0.268 e. The number of rotatable bonds is 4. The van der Waals surface area contributed by atoms with Crippen molar-refractivity contribution in [3.05, 3.63) is 86.5 Å². The first kappa shape index (κ1) is 20.6. The van der Waals surface area contributed by atoms with Crippen molar-refractivity contribution in [2.24, 2.45) is 5.10 Å². The number of anilines is 1. The minimum atomic E-state index is -0.307. The molecule has 2 aromatic carbocycles. The van der Waals surface area contributed by atoms with Crippen molar-refractivity contribution >= 4 is 33.7 Å². The predicted octanol–water partition coefficient (Wildman–Crippen LogP) is 5.05. The molecule has 2 aromatic heterocycles. The van der Waals surface area contributed by atoms with E-state index in [1.807, 2.05) is 61.5 Å². The predicted molar refractivity (Wildman–Crippen MR) is 130 cm³/mol. The lowest BCUT2D eigenvalue weighted by molar-refractivity contribution is -0.0379. The van der Waals surface area contributed by atoms with Gasteiger partial charge >= 0.3 is 0 Å². The van der Waals surface area contributed by atoms with Crippen molar-refractivity contribution in [1.29, 1.82) is 0 Å². The molecule has 5 rings (SSSR count). The fourth-order valence-electron chi connectivity index (χ4n) is 3.90. The molecule has 0 unspecified atom stereocenters. The Bertz CT molecular complexity index is 1370. The zero-order valence-corrected chi connectivity index (χ0v) is 19.1. The Morgan fingerprint density at radius 1 is 1.16 bits per heavy atom. The number of aryl methyl sites for hydroxylation is 1. The third-order valence-corrected chi connectivity index (χ3v) is 6.67. The first-order valence-electron chi connectivity index (χ1n) is 10.5. The van der Waals surface area contributed by atoms with E-state index in [-0.39, 0.29) is 11.2 Å². The Labute approximate surface area is 190 Å². The second kappa shape index (κ2) is 8.00. The van der Waals surface area contributed by atoms with Crippen molar-refractivity contribution in [1.82, 2.24) is 9.55 Å². The van der Waals surface area contributed by atoms with Crippen LogP contribution in [-0.4, -0.2) is 21.4 Å². The van der Waals surface area contributed by atoms with Gasteiger partial charge in [-0.1, -0.05) is 48.0 Å². The van der Waals surface area contributed by atoms with Crippen molar-refractivity contribution in [3.8, 4) is 5.69 Å². The van der Waals surface area contributed by atoms with Gasteiger partial charge in [0.25, 0.3) is 5.56 Å². The summed E-state index contributed by atoms with van der Waals surface area (Å²) in [5, 5.41) is 5.03. The van der Waals surface area contributed by atoms with Gasteiger partial charge in [0.15, 0.2) is 0 Å². The van der Waals surface area contributed by atoms with E-state index in [1.54, 1.807) is 10.8 Å². The molecular formula is C25H24N4O2S. The Morgan fingerprint density at radius 3 is 2.66 bits per heavy atom. The SMILES string of the molecule is Cc1ccc(-n2c(N/N=C/c3ccccc3)nc3sc4c(c3c2=O)CC(C)(C)OC4)cc1. The first-order chi connectivity index (χ1) is 15.4. The average Bonchev–Trinajstić information content (AvgIpc) is 3.12. The van der Waals surface area contributed by atoms with E-state index >= 15 is 0 Å². The Kier molecular flexibility index (Phi) is 5.15. The van der Waals surface area contributed by atoms with Gasteiger partial charge in [-0.3, -0.25) is 4.79 Å². The lowest BCUT2D eigenvalue weighted by Gasteiger charge is -2.29. The number of nitrogens with zero attached hydrogens (tertiary/aromatic N) is 3. The summed E-state index contributed by atoms with van der Waals surface area (Å²) in [6.45, 7) is 6.64. The van der Waals surface area contributed by atoms with Crippen molar-refractivity contribution in [2.45, 2.75) is 39.4 Å². The molecule has 0 bridgehead atoms. The minimum absolute atomic E-state index is 0.0912. The average molecular weight is 445 g/mol. The molecule has 0 aliphatic carbocycles.